The van der Waals surface area contributed by atoms with E-state index in [2.05, 4.69) is 9.80 Å². The Bertz CT molecular complexity index is 415. The second-order valence-corrected chi connectivity index (χ2v) is 6.30. The van der Waals surface area contributed by atoms with E-state index in [1.54, 1.807) is 5.57 Å². The zero-order valence-corrected chi connectivity index (χ0v) is 11.0. The molecule has 0 amide bonds. The summed E-state index contributed by atoms with van der Waals surface area (Å²) in [5.74, 6) is 0.473. The summed E-state index contributed by atoms with van der Waals surface area (Å²) in [4.78, 5) is 17.0. The first-order valence-electron chi connectivity index (χ1n) is 7.55. The average molecular weight is 246 g/mol. The number of fused-ring (bicyclic) bond motifs is 4. The Morgan fingerprint density at radius 1 is 1.00 bits per heavy atom. The number of ketones is 1. The maximum absolute atomic E-state index is 11.6. The predicted octanol–water partition coefficient (Wildman–Crippen LogP) is 1.94. The molecule has 0 N–H and O–H groups in total. The van der Waals surface area contributed by atoms with Gasteiger partial charge in [-0.25, -0.2) is 0 Å². The number of hydrogen-bond acceptors (Lipinski definition) is 3. The second kappa shape index (κ2) is 4.17. The molecule has 0 aromatic heterocycles. The smallest absolute Gasteiger partial charge is 0.137 e. The predicted molar refractivity (Wildman–Crippen MR) is 70.2 cm³/mol. The molecule has 2 atom stereocenters. The van der Waals surface area contributed by atoms with E-state index >= 15 is 0 Å². The summed E-state index contributed by atoms with van der Waals surface area (Å²) in [6, 6.07) is 0.682. The van der Waals surface area contributed by atoms with Crippen LogP contribution in [0.4, 0.5) is 0 Å². The third-order valence-corrected chi connectivity index (χ3v) is 5.41. The highest BCUT2D eigenvalue weighted by Gasteiger charge is 2.42. The lowest BCUT2D eigenvalue weighted by Gasteiger charge is -2.50. The average Bonchev–Trinajstić information content (AvgIpc) is 2.86. The number of carbonyl (C=O) groups is 1. The summed E-state index contributed by atoms with van der Waals surface area (Å²) >= 11 is 0. The molecule has 3 aliphatic heterocycles. The van der Waals surface area contributed by atoms with Gasteiger partial charge < -0.3 is 0 Å². The fraction of sp³-hybridized carbons (Fsp3) is 0.800. The van der Waals surface area contributed by atoms with Crippen LogP contribution in [-0.2, 0) is 4.79 Å². The van der Waals surface area contributed by atoms with Gasteiger partial charge in [-0.15, -0.1) is 0 Å². The number of nitrogens with zero attached hydrogens (tertiary/aromatic N) is 2. The maximum atomic E-state index is 11.6. The van der Waals surface area contributed by atoms with Crippen LogP contribution in [0.25, 0.3) is 0 Å². The molecule has 3 heterocycles. The highest BCUT2D eigenvalue weighted by molar-refractivity contribution is 5.82. The van der Waals surface area contributed by atoms with Gasteiger partial charge in [-0.3, -0.25) is 14.6 Å². The van der Waals surface area contributed by atoms with Crippen LogP contribution < -0.4 is 0 Å². The fourth-order valence-corrected chi connectivity index (χ4v) is 4.59. The van der Waals surface area contributed by atoms with E-state index in [4.69, 9.17) is 0 Å². The van der Waals surface area contributed by atoms with Crippen molar-refractivity contribution in [2.75, 3.05) is 19.6 Å². The molecule has 0 bridgehead atoms. The molecule has 2 saturated heterocycles. The summed E-state index contributed by atoms with van der Waals surface area (Å²) in [6.07, 6.45) is 8.53. The van der Waals surface area contributed by atoms with Gasteiger partial charge in [0.25, 0.3) is 0 Å². The Balaban J connectivity index is 1.64. The van der Waals surface area contributed by atoms with Crippen LogP contribution in [-0.4, -0.2) is 47.4 Å². The van der Waals surface area contributed by atoms with Gasteiger partial charge in [0.1, 0.15) is 5.78 Å². The third kappa shape index (κ3) is 1.60. The SMILES string of the molecule is O=C1CCC2=C(CCN3[C@@H]2CCN2CCC[C@H]23)C1. The summed E-state index contributed by atoms with van der Waals surface area (Å²) < 4.78 is 0. The molecule has 18 heavy (non-hydrogen) atoms. The van der Waals surface area contributed by atoms with E-state index in [0.717, 1.165) is 31.8 Å². The lowest BCUT2D eigenvalue weighted by Crippen LogP contribution is -2.58. The van der Waals surface area contributed by atoms with Gasteiger partial charge in [-0.2, -0.15) is 0 Å². The molecule has 4 rings (SSSR count). The zero-order chi connectivity index (χ0) is 12.1. The molecule has 0 saturated carbocycles. The van der Waals surface area contributed by atoms with Gasteiger partial charge in [0.15, 0.2) is 0 Å². The molecule has 0 aromatic rings. The summed E-state index contributed by atoms with van der Waals surface area (Å²) in [5.41, 5.74) is 3.17. The Kier molecular flexibility index (Phi) is 2.59. The van der Waals surface area contributed by atoms with Crippen molar-refractivity contribution < 1.29 is 4.79 Å². The van der Waals surface area contributed by atoms with E-state index in [9.17, 15) is 4.79 Å². The lowest BCUT2D eigenvalue weighted by molar-refractivity contribution is -0.119. The molecular weight excluding hydrogens is 224 g/mol. The highest BCUT2D eigenvalue weighted by Crippen LogP contribution is 2.40. The van der Waals surface area contributed by atoms with Crippen LogP contribution in [0.15, 0.2) is 11.1 Å². The van der Waals surface area contributed by atoms with Gasteiger partial charge in [0.05, 0.1) is 6.17 Å². The Labute approximate surface area is 109 Å². The van der Waals surface area contributed by atoms with Crippen molar-refractivity contribution in [1.29, 1.82) is 0 Å². The molecule has 4 aliphatic rings. The van der Waals surface area contributed by atoms with Crippen molar-refractivity contribution in [2.45, 2.75) is 57.2 Å². The van der Waals surface area contributed by atoms with Crippen molar-refractivity contribution in [2.24, 2.45) is 0 Å². The normalized spacial score (nSPS) is 37.4. The summed E-state index contributed by atoms with van der Waals surface area (Å²) in [7, 11) is 0. The van der Waals surface area contributed by atoms with Gasteiger partial charge >= 0.3 is 0 Å². The molecule has 0 aromatic carbocycles. The fourth-order valence-electron chi connectivity index (χ4n) is 4.59. The van der Waals surface area contributed by atoms with Gasteiger partial charge in [0.2, 0.25) is 0 Å². The Morgan fingerprint density at radius 2 is 1.94 bits per heavy atom. The molecular formula is C15H22N2O. The van der Waals surface area contributed by atoms with Crippen molar-refractivity contribution in [3.63, 3.8) is 0 Å². The molecule has 0 spiro atoms. The first kappa shape index (κ1) is 11.2. The first-order valence-corrected chi connectivity index (χ1v) is 7.55. The van der Waals surface area contributed by atoms with Crippen LogP contribution in [0.5, 0.6) is 0 Å². The zero-order valence-electron chi connectivity index (χ0n) is 11.0. The van der Waals surface area contributed by atoms with Crippen molar-refractivity contribution in [3.05, 3.63) is 11.1 Å². The van der Waals surface area contributed by atoms with E-state index in [1.807, 2.05) is 0 Å². The third-order valence-electron chi connectivity index (χ3n) is 5.41. The lowest BCUT2D eigenvalue weighted by atomic mass is 9.80. The number of hydrogen-bond donors (Lipinski definition) is 0. The Morgan fingerprint density at radius 3 is 2.89 bits per heavy atom. The number of rotatable bonds is 0. The van der Waals surface area contributed by atoms with Crippen molar-refractivity contribution >= 4 is 5.78 Å². The van der Waals surface area contributed by atoms with Gasteiger partial charge in [-0.1, -0.05) is 11.1 Å². The molecule has 0 unspecified atom stereocenters. The molecule has 0 radical (unpaired) electrons. The molecule has 2 fully saturated rings. The van der Waals surface area contributed by atoms with E-state index < -0.39 is 0 Å². The van der Waals surface area contributed by atoms with Crippen molar-refractivity contribution in [3.8, 4) is 0 Å². The second-order valence-electron chi connectivity index (χ2n) is 6.30. The number of Topliss-reactive ketones (excluding diaryl/α,β-unsaturated/α-hetero) is 1. The summed E-state index contributed by atoms with van der Waals surface area (Å²) in [6.45, 7) is 3.77. The quantitative estimate of drug-likeness (QED) is 0.610. The minimum atomic E-state index is 0.473. The maximum Gasteiger partial charge on any atom is 0.137 e. The largest absolute Gasteiger partial charge is 0.299 e. The van der Waals surface area contributed by atoms with Crippen LogP contribution in [0, 0.1) is 0 Å². The van der Waals surface area contributed by atoms with Crippen LogP contribution in [0.2, 0.25) is 0 Å². The van der Waals surface area contributed by atoms with E-state index in [-0.39, 0.29) is 0 Å². The monoisotopic (exact) mass is 246 g/mol. The minimum Gasteiger partial charge on any atom is -0.299 e. The topological polar surface area (TPSA) is 23.6 Å². The molecule has 3 nitrogen and oxygen atoms in total. The Hall–Kier alpha value is -0.670. The van der Waals surface area contributed by atoms with Gasteiger partial charge in [0, 0.05) is 32.0 Å². The molecule has 1 aliphatic carbocycles. The van der Waals surface area contributed by atoms with Crippen LogP contribution in [0.1, 0.15) is 44.9 Å². The van der Waals surface area contributed by atoms with Crippen molar-refractivity contribution in [1.82, 2.24) is 9.80 Å². The van der Waals surface area contributed by atoms with E-state index in [1.165, 1.54) is 44.5 Å². The standard InChI is InChI=1S/C15H22N2O/c18-12-3-4-13-11(10-12)5-9-17-14(13)6-8-16-7-1-2-15(16)17/h14-15H,1-10H2/t14-,15-/m1/s1. The van der Waals surface area contributed by atoms with Gasteiger partial charge in [-0.05, 0) is 38.6 Å². The highest BCUT2D eigenvalue weighted by atomic mass is 16.1. The van der Waals surface area contributed by atoms with E-state index in [0.29, 0.717) is 11.8 Å². The molecule has 98 valence electrons. The minimum absolute atomic E-state index is 0.473. The number of carbonyl (C=O) groups excluding carboxylic acids is 1. The van der Waals surface area contributed by atoms with Crippen LogP contribution >= 0.6 is 0 Å². The summed E-state index contributed by atoms with van der Waals surface area (Å²) in [5, 5.41) is 0. The first-order chi connectivity index (χ1) is 8.83. The van der Waals surface area contributed by atoms with Crippen LogP contribution in [0.3, 0.4) is 0 Å². The molecule has 3 heteroatoms.